The van der Waals surface area contributed by atoms with Crippen molar-refractivity contribution in [2.45, 2.75) is 0 Å². The van der Waals surface area contributed by atoms with Gasteiger partial charge >= 0.3 is 5.56 Å². The first-order valence-corrected chi connectivity index (χ1v) is 9.79. The Balaban J connectivity index is 1.69. The van der Waals surface area contributed by atoms with Crippen LogP contribution in [0.3, 0.4) is 0 Å². The van der Waals surface area contributed by atoms with Crippen molar-refractivity contribution in [2.75, 3.05) is 4.90 Å². The standard InChI is InChI=1S/C19H9BrN4O3S/c20-11-6-8-12(9-7-11)23-17(26)14-15(18(23)27)28-19-21-16(25)13(22-24(14)19)10-4-2-1-3-5-10/h1-9H. The highest BCUT2D eigenvalue weighted by Crippen LogP contribution is 2.33. The normalized spacial score (nSPS) is 13.4. The van der Waals surface area contributed by atoms with Crippen molar-refractivity contribution in [1.82, 2.24) is 14.6 Å². The molecule has 1 aliphatic heterocycles. The number of anilines is 1. The van der Waals surface area contributed by atoms with E-state index >= 15 is 0 Å². The Bertz CT molecular complexity index is 1330. The molecule has 136 valence electrons. The number of amides is 2. The van der Waals surface area contributed by atoms with Gasteiger partial charge in [-0.3, -0.25) is 14.4 Å². The van der Waals surface area contributed by atoms with E-state index in [0.29, 0.717) is 11.3 Å². The fraction of sp³-hybridized carbons (Fsp3) is 0. The first-order chi connectivity index (χ1) is 13.5. The molecule has 2 amide bonds. The summed E-state index contributed by atoms with van der Waals surface area (Å²) in [5, 5.41) is 4.35. The lowest BCUT2D eigenvalue weighted by molar-refractivity contribution is 0.0924. The van der Waals surface area contributed by atoms with Crippen molar-refractivity contribution < 1.29 is 9.59 Å². The summed E-state index contributed by atoms with van der Waals surface area (Å²) in [4.78, 5) is 43.8. The summed E-state index contributed by atoms with van der Waals surface area (Å²) >= 11 is 4.32. The summed E-state index contributed by atoms with van der Waals surface area (Å²) in [5.41, 5.74) is 0.803. The number of fused-ring (bicyclic) bond motifs is 3. The Hall–Kier alpha value is -3.17. The van der Waals surface area contributed by atoms with Gasteiger partial charge in [0.05, 0.1) is 5.69 Å². The largest absolute Gasteiger partial charge is 0.300 e. The highest BCUT2D eigenvalue weighted by Gasteiger charge is 2.41. The van der Waals surface area contributed by atoms with E-state index < -0.39 is 17.4 Å². The first-order valence-electron chi connectivity index (χ1n) is 8.18. The maximum atomic E-state index is 13.0. The molecule has 0 N–H and O–H groups in total. The van der Waals surface area contributed by atoms with E-state index in [0.717, 1.165) is 20.7 Å². The second-order valence-electron chi connectivity index (χ2n) is 6.03. The average molecular weight is 453 g/mol. The lowest BCUT2D eigenvalue weighted by Gasteiger charge is -2.14. The van der Waals surface area contributed by atoms with Crippen LogP contribution in [-0.2, 0) is 0 Å². The zero-order valence-corrected chi connectivity index (χ0v) is 16.4. The number of benzene rings is 2. The number of aromatic nitrogens is 3. The van der Waals surface area contributed by atoms with Gasteiger partial charge in [0.2, 0.25) is 4.96 Å². The number of hydrogen-bond donors (Lipinski definition) is 0. The Morgan fingerprint density at radius 3 is 2.32 bits per heavy atom. The molecule has 5 rings (SSSR count). The van der Waals surface area contributed by atoms with Gasteiger partial charge in [-0.15, -0.1) is 0 Å². The lowest BCUT2D eigenvalue weighted by Crippen LogP contribution is -2.30. The van der Waals surface area contributed by atoms with E-state index in [2.05, 4.69) is 26.0 Å². The number of carbonyl (C=O) groups is 2. The van der Waals surface area contributed by atoms with Gasteiger partial charge in [-0.1, -0.05) is 57.6 Å². The lowest BCUT2D eigenvalue weighted by atomic mass is 10.2. The molecule has 2 aromatic heterocycles. The third-order valence-electron chi connectivity index (χ3n) is 4.34. The summed E-state index contributed by atoms with van der Waals surface area (Å²) in [6.45, 7) is 0. The second kappa shape index (κ2) is 6.18. The number of imide groups is 1. The van der Waals surface area contributed by atoms with Crippen molar-refractivity contribution in [3.05, 3.63) is 80.0 Å². The van der Waals surface area contributed by atoms with E-state index in [-0.39, 0.29) is 21.2 Å². The summed E-state index contributed by atoms with van der Waals surface area (Å²) < 4.78 is 2.13. The summed E-state index contributed by atoms with van der Waals surface area (Å²) in [6, 6.07) is 15.8. The topological polar surface area (TPSA) is 84.6 Å². The average Bonchev–Trinajstić information content (AvgIpc) is 3.18. The molecule has 7 nitrogen and oxygen atoms in total. The van der Waals surface area contributed by atoms with Crippen LogP contribution >= 0.6 is 27.3 Å². The molecule has 2 aromatic carbocycles. The van der Waals surface area contributed by atoms with E-state index in [1.807, 2.05) is 6.07 Å². The zero-order chi connectivity index (χ0) is 19.4. The zero-order valence-electron chi connectivity index (χ0n) is 14.0. The summed E-state index contributed by atoms with van der Waals surface area (Å²) in [6.07, 6.45) is 0. The van der Waals surface area contributed by atoms with Gasteiger partial charge in [0.15, 0.2) is 11.4 Å². The smallest absolute Gasteiger partial charge is 0.267 e. The van der Waals surface area contributed by atoms with E-state index in [9.17, 15) is 14.4 Å². The quantitative estimate of drug-likeness (QED) is 0.435. The van der Waals surface area contributed by atoms with Crippen LogP contribution in [0.4, 0.5) is 5.69 Å². The maximum absolute atomic E-state index is 13.0. The Kier molecular flexibility index (Phi) is 3.74. The van der Waals surface area contributed by atoms with Crippen molar-refractivity contribution in [3.8, 4) is 11.3 Å². The van der Waals surface area contributed by atoms with Crippen LogP contribution in [0.15, 0.2) is 63.9 Å². The number of halogens is 1. The Morgan fingerprint density at radius 1 is 0.893 bits per heavy atom. The monoisotopic (exact) mass is 452 g/mol. The molecule has 0 unspecified atom stereocenters. The van der Waals surface area contributed by atoms with Crippen LogP contribution < -0.4 is 10.5 Å². The molecule has 0 fully saturated rings. The van der Waals surface area contributed by atoms with Gasteiger partial charge in [-0.25, -0.2) is 4.90 Å². The summed E-state index contributed by atoms with van der Waals surface area (Å²) in [5.74, 6) is -0.945. The fourth-order valence-electron chi connectivity index (χ4n) is 3.05. The molecule has 0 saturated heterocycles. The minimum atomic E-state index is -0.504. The van der Waals surface area contributed by atoms with Crippen LogP contribution in [0.1, 0.15) is 20.2 Å². The molecule has 9 heteroatoms. The molecule has 0 spiro atoms. The third-order valence-corrected chi connectivity index (χ3v) is 5.88. The molecule has 28 heavy (non-hydrogen) atoms. The fourth-order valence-corrected chi connectivity index (χ4v) is 4.30. The van der Waals surface area contributed by atoms with E-state index in [4.69, 9.17) is 0 Å². The Morgan fingerprint density at radius 2 is 1.61 bits per heavy atom. The summed E-state index contributed by atoms with van der Waals surface area (Å²) in [7, 11) is 0. The third kappa shape index (κ3) is 2.44. The molecule has 0 radical (unpaired) electrons. The predicted octanol–water partition coefficient (Wildman–Crippen LogP) is 3.38. The first kappa shape index (κ1) is 17.0. The maximum Gasteiger partial charge on any atom is 0.300 e. The minimum absolute atomic E-state index is 0.123. The minimum Gasteiger partial charge on any atom is -0.267 e. The number of carbonyl (C=O) groups excluding carboxylic acids is 2. The van der Waals surface area contributed by atoms with Gasteiger partial charge in [0.1, 0.15) is 4.88 Å². The molecule has 4 aromatic rings. The molecular weight excluding hydrogens is 444 g/mol. The van der Waals surface area contributed by atoms with Crippen LogP contribution in [0, 0.1) is 0 Å². The number of hydrogen-bond acceptors (Lipinski definition) is 6. The predicted molar refractivity (Wildman–Crippen MR) is 108 cm³/mol. The highest BCUT2D eigenvalue weighted by atomic mass is 79.9. The molecule has 3 heterocycles. The molecule has 0 atom stereocenters. The number of nitrogens with zero attached hydrogens (tertiary/aromatic N) is 4. The van der Waals surface area contributed by atoms with Gasteiger partial charge in [-0.2, -0.15) is 14.6 Å². The molecule has 0 saturated carbocycles. The second-order valence-corrected chi connectivity index (χ2v) is 7.92. The van der Waals surface area contributed by atoms with Gasteiger partial charge in [-0.05, 0) is 24.3 Å². The van der Waals surface area contributed by atoms with Gasteiger partial charge in [0, 0.05) is 10.0 Å². The van der Waals surface area contributed by atoms with E-state index in [1.54, 1.807) is 48.5 Å². The highest BCUT2D eigenvalue weighted by molar-refractivity contribution is 9.10. The van der Waals surface area contributed by atoms with Gasteiger partial charge in [0.25, 0.3) is 11.8 Å². The van der Waals surface area contributed by atoms with Crippen molar-refractivity contribution in [3.63, 3.8) is 0 Å². The van der Waals surface area contributed by atoms with Crippen LogP contribution in [0.25, 0.3) is 16.2 Å². The van der Waals surface area contributed by atoms with Crippen LogP contribution in [0.2, 0.25) is 0 Å². The number of rotatable bonds is 2. The van der Waals surface area contributed by atoms with Crippen molar-refractivity contribution in [2.24, 2.45) is 0 Å². The van der Waals surface area contributed by atoms with Crippen LogP contribution in [-0.4, -0.2) is 26.4 Å². The molecular formula is C19H9BrN4O3S. The molecule has 0 aliphatic carbocycles. The van der Waals surface area contributed by atoms with E-state index in [1.165, 1.54) is 4.52 Å². The number of thiazole rings is 1. The SMILES string of the molecule is O=C1c2sc3nc(=O)c(-c4ccccc4)nn3c2C(=O)N1c1ccc(Br)cc1. The van der Waals surface area contributed by atoms with Crippen LogP contribution in [0.5, 0.6) is 0 Å². The van der Waals surface area contributed by atoms with Crippen molar-refractivity contribution >= 4 is 49.7 Å². The Labute approximate surface area is 170 Å². The molecule has 0 bridgehead atoms. The van der Waals surface area contributed by atoms with Gasteiger partial charge < -0.3 is 0 Å². The van der Waals surface area contributed by atoms with Crippen molar-refractivity contribution in [1.29, 1.82) is 0 Å². The molecule has 1 aliphatic rings.